The van der Waals surface area contributed by atoms with E-state index >= 15 is 0 Å². The summed E-state index contributed by atoms with van der Waals surface area (Å²) < 4.78 is 0. The van der Waals surface area contributed by atoms with E-state index in [1.807, 2.05) is 0 Å². The molecule has 0 aromatic heterocycles. The van der Waals surface area contributed by atoms with Crippen molar-refractivity contribution >= 4 is 5.97 Å². The number of aliphatic carboxylic acids is 1. The first-order valence-electron chi connectivity index (χ1n) is 5.26. The number of carboxylic acids is 1. The van der Waals surface area contributed by atoms with Gasteiger partial charge in [-0.05, 0) is 25.8 Å². The normalized spacial score (nSPS) is 19.8. The molecule has 0 unspecified atom stereocenters. The monoisotopic (exact) mass is 201 g/mol. The fourth-order valence-corrected chi connectivity index (χ4v) is 2.04. The standard InChI is InChI=1S/C10H19NO3/c12-8-10(5-1-2-6-10)11-7-3-4-9(13)14/h11-12H,1-8H2,(H,13,14). The Labute approximate surface area is 84.3 Å². The zero-order chi connectivity index (χ0) is 10.4. The van der Waals surface area contributed by atoms with E-state index < -0.39 is 5.97 Å². The van der Waals surface area contributed by atoms with E-state index in [9.17, 15) is 9.90 Å². The van der Waals surface area contributed by atoms with Crippen molar-refractivity contribution in [3.05, 3.63) is 0 Å². The summed E-state index contributed by atoms with van der Waals surface area (Å²) in [5, 5.41) is 21.0. The summed E-state index contributed by atoms with van der Waals surface area (Å²) in [7, 11) is 0. The third kappa shape index (κ3) is 3.27. The summed E-state index contributed by atoms with van der Waals surface area (Å²) >= 11 is 0. The fraction of sp³-hybridized carbons (Fsp3) is 0.900. The highest BCUT2D eigenvalue weighted by molar-refractivity contribution is 5.66. The van der Waals surface area contributed by atoms with Gasteiger partial charge in [-0.25, -0.2) is 0 Å². The third-order valence-corrected chi connectivity index (χ3v) is 2.93. The largest absolute Gasteiger partial charge is 0.481 e. The average Bonchev–Trinajstić information content (AvgIpc) is 2.62. The molecule has 14 heavy (non-hydrogen) atoms. The number of hydrogen-bond donors (Lipinski definition) is 3. The zero-order valence-corrected chi connectivity index (χ0v) is 8.46. The van der Waals surface area contributed by atoms with E-state index in [0.717, 1.165) is 25.7 Å². The van der Waals surface area contributed by atoms with Gasteiger partial charge in [0, 0.05) is 12.0 Å². The van der Waals surface area contributed by atoms with Gasteiger partial charge in [-0.2, -0.15) is 0 Å². The molecule has 0 heterocycles. The summed E-state index contributed by atoms with van der Waals surface area (Å²) in [4.78, 5) is 10.3. The van der Waals surface area contributed by atoms with E-state index in [1.54, 1.807) is 0 Å². The van der Waals surface area contributed by atoms with Crippen molar-refractivity contribution in [1.82, 2.24) is 5.32 Å². The van der Waals surface area contributed by atoms with Gasteiger partial charge in [-0.15, -0.1) is 0 Å². The van der Waals surface area contributed by atoms with Gasteiger partial charge in [0.15, 0.2) is 0 Å². The summed E-state index contributed by atoms with van der Waals surface area (Å²) in [6, 6.07) is 0. The Morgan fingerprint density at radius 1 is 1.36 bits per heavy atom. The van der Waals surface area contributed by atoms with Crippen LogP contribution in [0.25, 0.3) is 0 Å². The van der Waals surface area contributed by atoms with Crippen LogP contribution in [0.4, 0.5) is 0 Å². The van der Waals surface area contributed by atoms with Crippen molar-refractivity contribution in [2.45, 2.75) is 44.1 Å². The molecular formula is C10H19NO3. The number of rotatable bonds is 6. The van der Waals surface area contributed by atoms with Crippen molar-refractivity contribution in [3.8, 4) is 0 Å². The first-order valence-corrected chi connectivity index (χ1v) is 5.26. The van der Waals surface area contributed by atoms with Gasteiger partial charge in [-0.3, -0.25) is 4.79 Å². The molecule has 1 saturated carbocycles. The molecule has 1 rings (SSSR count). The predicted molar refractivity (Wildman–Crippen MR) is 53.2 cm³/mol. The van der Waals surface area contributed by atoms with E-state index in [2.05, 4.69) is 5.32 Å². The van der Waals surface area contributed by atoms with E-state index in [0.29, 0.717) is 13.0 Å². The molecule has 1 fully saturated rings. The van der Waals surface area contributed by atoms with Crippen LogP contribution in [0.2, 0.25) is 0 Å². The van der Waals surface area contributed by atoms with Crippen molar-refractivity contribution in [2.24, 2.45) is 0 Å². The van der Waals surface area contributed by atoms with Gasteiger partial charge < -0.3 is 15.5 Å². The van der Waals surface area contributed by atoms with Crippen molar-refractivity contribution < 1.29 is 15.0 Å². The highest BCUT2D eigenvalue weighted by Gasteiger charge is 2.31. The molecule has 0 bridgehead atoms. The summed E-state index contributed by atoms with van der Waals surface area (Å²) in [6.07, 6.45) is 5.18. The SMILES string of the molecule is O=C(O)CCCNC1(CO)CCCC1. The Bertz CT molecular complexity index is 188. The quantitative estimate of drug-likeness (QED) is 0.554. The molecule has 4 nitrogen and oxygen atoms in total. The Balaban J connectivity index is 2.18. The maximum Gasteiger partial charge on any atom is 0.303 e. The Morgan fingerprint density at radius 2 is 2.00 bits per heavy atom. The van der Waals surface area contributed by atoms with Gasteiger partial charge >= 0.3 is 5.97 Å². The number of carboxylic acid groups (broad SMARTS) is 1. The highest BCUT2D eigenvalue weighted by atomic mass is 16.4. The molecule has 0 radical (unpaired) electrons. The molecule has 1 aliphatic carbocycles. The minimum absolute atomic E-state index is 0.113. The van der Waals surface area contributed by atoms with Crippen molar-refractivity contribution in [3.63, 3.8) is 0 Å². The van der Waals surface area contributed by atoms with E-state index in [1.165, 1.54) is 0 Å². The fourth-order valence-electron chi connectivity index (χ4n) is 2.04. The second-order valence-electron chi connectivity index (χ2n) is 4.07. The lowest BCUT2D eigenvalue weighted by molar-refractivity contribution is -0.137. The summed E-state index contributed by atoms with van der Waals surface area (Å²) in [6.45, 7) is 0.854. The molecule has 4 heteroatoms. The molecule has 0 atom stereocenters. The van der Waals surface area contributed by atoms with Gasteiger partial charge in [0.25, 0.3) is 0 Å². The van der Waals surface area contributed by atoms with Crippen LogP contribution < -0.4 is 5.32 Å². The molecule has 3 N–H and O–H groups in total. The topological polar surface area (TPSA) is 69.6 Å². The zero-order valence-electron chi connectivity index (χ0n) is 8.46. The lowest BCUT2D eigenvalue weighted by Crippen LogP contribution is -2.46. The summed E-state index contributed by atoms with van der Waals surface area (Å²) in [5.41, 5.74) is -0.113. The lowest BCUT2D eigenvalue weighted by Gasteiger charge is -2.27. The van der Waals surface area contributed by atoms with Crippen LogP contribution in [0.3, 0.4) is 0 Å². The number of carbonyl (C=O) groups is 1. The molecule has 0 aromatic rings. The molecule has 82 valence electrons. The van der Waals surface area contributed by atoms with Gasteiger partial charge in [-0.1, -0.05) is 12.8 Å². The third-order valence-electron chi connectivity index (χ3n) is 2.93. The average molecular weight is 201 g/mol. The van der Waals surface area contributed by atoms with Gasteiger partial charge in [0.05, 0.1) is 6.61 Å². The van der Waals surface area contributed by atoms with Crippen LogP contribution in [-0.2, 0) is 4.79 Å². The van der Waals surface area contributed by atoms with Crippen LogP contribution in [0.15, 0.2) is 0 Å². The number of nitrogens with one attached hydrogen (secondary N) is 1. The van der Waals surface area contributed by atoms with Crippen LogP contribution in [0, 0.1) is 0 Å². The minimum Gasteiger partial charge on any atom is -0.481 e. The maximum absolute atomic E-state index is 10.3. The van der Waals surface area contributed by atoms with Crippen LogP contribution >= 0.6 is 0 Å². The van der Waals surface area contributed by atoms with Crippen molar-refractivity contribution in [1.29, 1.82) is 0 Å². The lowest BCUT2D eigenvalue weighted by atomic mass is 9.99. The summed E-state index contributed by atoms with van der Waals surface area (Å²) in [5.74, 6) is -0.753. The second-order valence-corrected chi connectivity index (χ2v) is 4.07. The molecular weight excluding hydrogens is 182 g/mol. The smallest absolute Gasteiger partial charge is 0.303 e. The predicted octanol–water partition coefficient (Wildman–Crippen LogP) is 0.746. The van der Waals surface area contributed by atoms with Gasteiger partial charge in [0.1, 0.15) is 0 Å². The van der Waals surface area contributed by atoms with E-state index in [-0.39, 0.29) is 18.6 Å². The second kappa shape index (κ2) is 5.32. The number of hydrogen-bond acceptors (Lipinski definition) is 3. The van der Waals surface area contributed by atoms with Crippen molar-refractivity contribution in [2.75, 3.05) is 13.2 Å². The first-order chi connectivity index (χ1) is 6.68. The van der Waals surface area contributed by atoms with Gasteiger partial charge in [0.2, 0.25) is 0 Å². The molecule has 0 aromatic carbocycles. The Hall–Kier alpha value is -0.610. The van der Waals surface area contributed by atoms with Crippen LogP contribution in [-0.4, -0.2) is 34.9 Å². The maximum atomic E-state index is 10.3. The molecule has 1 aliphatic rings. The number of aliphatic hydroxyl groups is 1. The molecule has 0 amide bonds. The molecule has 0 spiro atoms. The van der Waals surface area contributed by atoms with Crippen LogP contribution in [0.5, 0.6) is 0 Å². The van der Waals surface area contributed by atoms with Crippen LogP contribution in [0.1, 0.15) is 38.5 Å². The first kappa shape index (κ1) is 11.5. The minimum atomic E-state index is -0.753. The Morgan fingerprint density at radius 3 is 2.50 bits per heavy atom. The molecule has 0 saturated heterocycles. The highest BCUT2D eigenvalue weighted by Crippen LogP contribution is 2.28. The molecule has 0 aliphatic heterocycles. The Kier molecular flexibility index (Phi) is 4.35. The number of aliphatic hydroxyl groups excluding tert-OH is 1. The van der Waals surface area contributed by atoms with E-state index in [4.69, 9.17) is 5.11 Å².